The lowest BCUT2D eigenvalue weighted by Crippen LogP contribution is -2.20. The molecule has 0 amide bonds. The fourth-order valence-corrected chi connectivity index (χ4v) is 3.82. The van der Waals surface area contributed by atoms with E-state index in [2.05, 4.69) is 47.6 Å². The number of benzene rings is 1. The van der Waals surface area contributed by atoms with Crippen LogP contribution in [0.1, 0.15) is 41.8 Å². The van der Waals surface area contributed by atoms with Gasteiger partial charge in [-0.3, -0.25) is 9.58 Å². The van der Waals surface area contributed by atoms with Crippen molar-refractivity contribution in [3.05, 3.63) is 51.8 Å². The number of halogens is 1. The molecule has 0 radical (unpaired) electrons. The van der Waals surface area contributed by atoms with Gasteiger partial charge in [0.2, 0.25) is 0 Å². The van der Waals surface area contributed by atoms with E-state index in [-0.39, 0.29) is 0 Å². The molecule has 0 bridgehead atoms. The molecule has 1 atom stereocenters. The molecule has 22 heavy (non-hydrogen) atoms. The summed E-state index contributed by atoms with van der Waals surface area (Å²) in [5.41, 5.74) is 5.16. The van der Waals surface area contributed by atoms with Gasteiger partial charge < -0.3 is 0 Å². The number of aromatic nitrogens is 2. The zero-order chi connectivity index (χ0) is 15.7. The molecular formula is C18H24ClN3. The first-order valence-corrected chi connectivity index (χ1v) is 8.47. The smallest absolute Gasteiger partial charge is 0.0641 e. The second-order valence-corrected chi connectivity index (χ2v) is 6.61. The molecule has 118 valence electrons. The van der Waals surface area contributed by atoms with Gasteiger partial charge >= 0.3 is 0 Å². The highest BCUT2D eigenvalue weighted by molar-refractivity contribution is 6.31. The second kappa shape index (κ2) is 6.43. The molecule has 1 saturated heterocycles. The summed E-state index contributed by atoms with van der Waals surface area (Å²) in [6.45, 7) is 10.6. The Morgan fingerprint density at radius 1 is 1.27 bits per heavy atom. The molecule has 1 aromatic carbocycles. The second-order valence-electron chi connectivity index (χ2n) is 6.21. The molecule has 3 nitrogen and oxygen atoms in total. The molecule has 1 aliphatic heterocycles. The Kier molecular flexibility index (Phi) is 4.55. The lowest BCUT2D eigenvalue weighted by Gasteiger charge is -2.17. The number of nitrogens with zero attached hydrogens (tertiary/aromatic N) is 3. The van der Waals surface area contributed by atoms with Gasteiger partial charge in [-0.15, -0.1) is 0 Å². The molecule has 2 heterocycles. The van der Waals surface area contributed by atoms with Crippen LogP contribution in [-0.4, -0.2) is 27.8 Å². The molecule has 0 spiro atoms. The van der Waals surface area contributed by atoms with Gasteiger partial charge in [-0.05, 0) is 51.3 Å². The van der Waals surface area contributed by atoms with Crippen molar-refractivity contribution in [1.82, 2.24) is 14.7 Å². The molecule has 4 heteroatoms. The summed E-state index contributed by atoms with van der Waals surface area (Å²) in [5.74, 6) is 0.551. The third-order valence-electron chi connectivity index (χ3n) is 4.83. The van der Waals surface area contributed by atoms with E-state index in [1.165, 1.54) is 28.9 Å². The van der Waals surface area contributed by atoms with Crippen molar-refractivity contribution in [2.75, 3.05) is 13.1 Å². The molecule has 0 unspecified atom stereocenters. The highest BCUT2D eigenvalue weighted by atomic mass is 35.5. The zero-order valence-corrected chi connectivity index (χ0v) is 14.4. The lowest BCUT2D eigenvalue weighted by molar-refractivity contribution is 0.325. The van der Waals surface area contributed by atoms with Crippen LogP contribution < -0.4 is 0 Å². The van der Waals surface area contributed by atoms with Crippen LogP contribution in [0.5, 0.6) is 0 Å². The fourth-order valence-electron chi connectivity index (χ4n) is 3.53. The maximum Gasteiger partial charge on any atom is 0.0641 e. The quantitative estimate of drug-likeness (QED) is 0.844. The summed E-state index contributed by atoms with van der Waals surface area (Å²) in [6, 6.07) is 8.26. The predicted octanol–water partition coefficient (Wildman–Crippen LogP) is 4.16. The highest BCUT2D eigenvalue weighted by Crippen LogP contribution is 2.33. The van der Waals surface area contributed by atoms with E-state index in [1.807, 2.05) is 12.1 Å². The molecule has 1 fully saturated rings. The number of rotatable bonds is 4. The average molecular weight is 318 g/mol. The third kappa shape index (κ3) is 2.92. The first-order chi connectivity index (χ1) is 10.6. The minimum absolute atomic E-state index is 0.551. The summed E-state index contributed by atoms with van der Waals surface area (Å²) < 4.78 is 2.10. The van der Waals surface area contributed by atoms with E-state index >= 15 is 0 Å². The van der Waals surface area contributed by atoms with Crippen molar-refractivity contribution >= 4 is 11.6 Å². The molecule has 1 aromatic heterocycles. The normalized spacial score (nSPS) is 19.0. The number of hydrogen-bond donors (Lipinski definition) is 0. The van der Waals surface area contributed by atoms with Crippen molar-refractivity contribution in [3.63, 3.8) is 0 Å². The maximum absolute atomic E-state index is 6.35. The Bertz CT molecular complexity index is 662. The largest absolute Gasteiger partial charge is 0.298 e. The fraction of sp³-hybridized carbons (Fsp3) is 0.500. The van der Waals surface area contributed by atoms with Crippen molar-refractivity contribution in [2.45, 2.75) is 46.2 Å². The van der Waals surface area contributed by atoms with Gasteiger partial charge in [0.1, 0.15) is 0 Å². The number of hydrogen-bond acceptors (Lipinski definition) is 2. The SMILES string of the molecule is CCn1nc(C)c(CN2CC[C@H](c3ccccc3Cl)C2)c1C. The first kappa shape index (κ1) is 15.6. The van der Waals surface area contributed by atoms with Crippen molar-refractivity contribution < 1.29 is 0 Å². The Labute approximate surface area is 137 Å². The van der Waals surface area contributed by atoms with Crippen LogP contribution in [0, 0.1) is 13.8 Å². The minimum Gasteiger partial charge on any atom is -0.298 e. The Balaban J connectivity index is 1.72. The minimum atomic E-state index is 0.551. The summed E-state index contributed by atoms with van der Waals surface area (Å²) >= 11 is 6.35. The van der Waals surface area contributed by atoms with Crippen molar-refractivity contribution in [1.29, 1.82) is 0 Å². The van der Waals surface area contributed by atoms with Crippen LogP contribution in [-0.2, 0) is 13.1 Å². The van der Waals surface area contributed by atoms with Gasteiger partial charge in [0.15, 0.2) is 0 Å². The summed E-state index contributed by atoms with van der Waals surface area (Å²) in [5, 5.41) is 5.53. The predicted molar refractivity (Wildman–Crippen MR) is 91.5 cm³/mol. The highest BCUT2D eigenvalue weighted by Gasteiger charge is 2.26. The molecule has 3 rings (SSSR count). The van der Waals surface area contributed by atoms with Crippen LogP contribution in [0.3, 0.4) is 0 Å². The summed E-state index contributed by atoms with van der Waals surface area (Å²) in [7, 11) is 0. The van der Waals surface area contributed by atoms with Gasteiger partial charge in [0, 0.05) is 35.9 Å². The van der Waals surface area contributed by atoms with E-state index in [9.17, 15) is 0 Å². The lowest BCUT2D eigenvalue weighted by atomic mass is 9.98. The van der Waals surface area contributed by atoms with Gasteiger partial charge in [-0.1, -0.05) is 29.8 Å². The Morgan fingerprint density at radius 2 is 2.05 bits per heavy atom. The van der Waals surface area contributed by atoms with Gasteiger partial charge in [-0.25, -0.2) is 0 Å². The molecule has 0 N–H and O–H groups in total. The Morgan fingerprint density at radius 3 is 2.73 bits per heavy atom. The van der Waals surface area contributed by atoms with Crippen LogP contribution in [0.15, 0.2) is 24.3 Å². The molecule has 0 aliphatic carbocycles. The standard InChI is InChI=1S/C18H24ClN3/c1-4-22-14(3)17(13(2)20-22)12-21-10-9-15(11-21)16-7-5-6-8-18(16)19/h5-8,15H,4,9-12H2,1-3H3/t15-/m0/s1. The zero-order valence-electron chi connectivity index (χ0n) is 13.6. The topological polar surface area (TPSA) is 21.1 Å². The monoisotopic (exact) mass is 317 g/mol. The molecule has 2 aromatic rings. The van der Waals surface area contributed by atoms with Crippen molar-refractivity contribution in [2.24, 2.45) is 0 Å². The van der Waals surface area contributed by atoms with E-state index in [4.69, 9.17) is 11.6 Å². The van der Waals surface area contributed by atoms with Crippen molar-refractivity contribution in [3.8, 4) is 0 Å². The van der Waals surface area contributed by atoms with E-state index in [0.29, 0.717) is 5.92 Å². The Hall–Kier alpha value is -1.32. The van der Waals surface area contributed by atoms with Crippen LogP contribution in [0.4, 0.5) is 0 Å². The number of likely N-dealkylation sites (tertiary alicyclic amines) is 1. The van der Waals surface area contributed by atoms with Gasteiger partial charge in [0.25, 0.3) is 0 Å². The van der Waals surface area contributed by atoms with E-state index < -0.39 is 0 Å². The van der Waals surface area contributed by atoms with E-state index in [1.54, 1.807) is 0 Å². The average Bonchev–Trinajstić information content (AvgIpc) is 3.07. The summed E-state index contributed by atoms with van der Waals surface area (Å²) in [4.78, 5) is 2.53. The van der Waals surface area contributed by atoms with E-state index in [0.717, 1.165) is 31.2 Å². The van der Waals surface area contributed by atoms with Crippen LogP contribution >= 0.6 is 11.6 Å². The molecule has 1 aliphatic rings. The molecule has 0 saturated carbocycles. The van der Waals surface area contributed by atoms with Crippen LogP contribution in [0.25, 0.3) is 0 Å². The maximum atomic E-state index is 6.35. The van der Waals surface area contributed by atoms with Gasteiger partial charge in [-0.2, -0.15) is 5.10 Å². The molecular weight excluding hydrogens is 294 g/mol. The number of aryl methyl sites for hydroxylation is 2. The van der Waals surface area contributed by atoms with Gasteiger partial charge in [0.05, 0.1) is 5.69 Å². The third-order valence-corrected chi connectivity index (χ3v) is 5.17. The first-order valence-electron chi connectivity index (χ1n) is 8.09. The van der Waals surface area contributed by atoms with Crippen LogP contribution in [0.2, 0.25) is 5.02 Å². The summed E-state index contributed by atoms with van der Waals surface area (Å²) in [6.07, 6.45) is 1.18.